The van der Waals surface area contributed by atoms with Crippen LogP contribution in [-0.2, 0) is 19.1 Å². The molecule has 5 heteroatoms. The maximum absolute atomic E-state index is 12.0. The zero-order chi connectivity index (χ0) is 18.1. The van der Waals surface area contributed by atoms with Crippen LogP contribution in [0.5, 0.6) is 0 Å². The molecule has 25 heavy (non-hydrogen) atoms. The Bertz CT molecular complexity index is 684. The SMILES string of the molecule is C=C1CC[C@@H]2C(=C)C(=O)O[C@H]2C=C(C)C[C@@H]2C=C(CC[C@H]1O)C(=O)O2. The summed E-state index contributed by atoms with van der Waals surface area (Å²) in [4.78, 5) is 23.9. The number of aliphatic hydroxyl groups is 1. The Morgan fingerprint density at radius 2 is 1.84 bits per heavy atom. The summed E-state index contributed by atoms with van der Waals surface area (Å²) >= 11 is 0. The van der Waals surface area contributed by atoms with Gasteiger partial charge in [0.1, 0.15) is 12.2 Å². The molecule has 0 unspecified atom stereocenters. The van der Waals surface area contributed by atoms with E-state index in [-0.39, 0.29) is 30.1 Å². The molecule has 0 amide bonds. The van der Waals surface area contributed by atoms with E-state index in [9.17, 15) is 14.7 Å². The van der Waals surface area contributed by atoms with Crippen LogP contribution in [0.3, 0.4) is 0 Å². The van der Waals surface area contributed by atoms with Gasteiger partial charge in [0.05, 0.1) is 6.10 Å². The Morgan fingerprint density at radius 3 is 2.60 bits per heavy atom. The first-order valence-corrected chi connectivity index (χ1v) is 8.69. The van der Waals surface area contributed by atoms with Crippen LogP contribution in [-0.4, -0.2) is 35.4 Å². The normalized spacial score (nSPS) is 33.8. The summed E-state index contributed by atoms with van der Waals surface area (Å²) in [7, 11) is 0. The second kappa shape index (κ2) is 7.00. The maximum atomic E-state index is 12.0. The van der Waals surface area contributed by atoms with Gasteiger partial charge in [-0.25, -0.2) is 9.59 Å². The number of carbonyl (C=O) groups excluding carboxylic acids is 2. The second-order valence-electron chi connectivity index (χ2n) is 7.11. The molecule has 3 aliphatic rings. The van der Waals surface area contributed by atoms with Gasteiger partial charge >= 0.3 is 11.9 Å². The topological polar surface area (TPSA) is 72.8 Å². The molecule has 0 saturated carbocycles. The Morgan fingerprint density at radius 1 is 1.08 bits per heavy atom. The van der Waals surface area contributed by atoms with E-state index in [0.29, 0.717) is 48.8 Å². The molecule has 0 aromatic rings. The number of ether oxygens (including phenoxy) is 2. The van der Waals surface area contributed by atoms with Gasteiger partial charge in [0.25, 0.3) is 0 Å². The van der Waals surface area contributed by atoms with Crippen molar-refractivity contribution in [2.75, 3.05) is 0 Å². The number of hydrogen-bond acceptors (Lipinski definition) is 5. The number of hydrogen-bond donors (Lipinski definition) is 1. The lowest BCUT2D eigenvalue weighted by Gasteiger charge is -2.19. The fraction of sp³-hybridized carbons (Fsp3) is 0.500. The van der Waals surface area contributed by atoms with Gasteiger partial charge in [-0.3, -0.25) is 0 Å². The van der Waals surface area contributed by atoms with Crippen LogP contribution in [0, 0.1) is 5.92 Å². The minimum Gasteiger partial charge on any atom is -0.454 e. The zero-order valence-corrected chi connectivity index (χ0v) is 14.5. The molecule has 1 fully saturated rings. The third-order valence-corrected chi connectivity index (χ3v) is 5.16. The first kappa shape index (κ1) is 17.7. The second-order valence-corrected chi connectivity index (χ2v) is 7.11. The van der Waals surface area contributed by atoms with Gasteiger partial charge in [-0.05, 0) is 50.3 Å². The number of rotatable bonds is 0. The average molecular weight is 344 g/mol. The van der Waals surface area contributed by atoms with E-state index in [4.69, 9.17) is 9.47 Å². The van der Waals surface area contributed by atoms with Crippen LogP contribution in [0.2, 0.25) is 0 Å². The first-order chi connectivity index (χ1) is 11.8. The lowest BCUT2D eigenvalue weighted by Crippen LogP contribution is -2.17. The van der Waals surface area contributed by atoms with Crippen molar-refractivity contribution in [1.29, 1.82) is 0 Å². The van der Waals surface area contributed by atoms with Crippen LogP contribution < -0.4 is 0 Å². The van der Waals surface area contributed by atoms with E-state index in [1.807, 2.05) is 19.1 Å². The molecule has 0 radical (unpaired) electrons. The number of aliphatic hydroxyl groups excluding tert-OH is 1. The number of esters is 2. The lowest BCUT2D eigenvalue weighted by molar-refractivity contribution is -0.139. The number of fused-ring (bicyclic) bond motifs is 2. The van der Waals surface area contributed by atoms with Crippen molar-refractivity contribution in [3.05, 3.63) is 47.6 Å². The highest BCUT2D eigenvalue weighted by Gasteiger charge is 2.37. The highest BCUT2D eigenvalue weighted by atomic mass is 16.6. The standard InChI is InChI=1S/C20H24O5/c1-11-8-15-10-14(20(23)24-15)5-7-17(21)12(2)4-6-16-13(3)19(22)25-18(16)9-11/h9-10,15-18,21H,2-8H2,1H3/t15-,16-,17-,18+/m1/s1. The average Bonchev–Trinajstić information content (AvgIpc) is 3.02. The highest BCUT2D eigenvalue weighted by molar-refractivity contribution is 5.91. The summed E-state index contributed by atoms with van der Waals surface area (Å²) < 4.78 is 10.8. The van der Waals surface area contributed by atoms with E-state index < -0.39 is 6.10 Å². The molecule has 1 N–H and O–H groups in total. The molecule has 0 spiro atoms. The molecule has 1 aliphatic carbocycles. The first-order valence-electron chi connectivity index (χ1n) is 8.69. The summed E-state index contributed by atoms with van der Waals surface area (Å²) in [5, 5.41) is 10.3. The van der Waals surface area contributed by atoms with Gasteiger partial charge in [0.15, 0.2) is 0 Å². The van der Waals surface area contributed by atoms with E-state index >= 15 is 0 Å². The van der Waals surface area contributed by atoms with Crippen LogP contribution in [0.1, 0.15) is 39.0 Å². The highest BCUT2D eigenvalue weighted by Crippen LogP contribution is 2.35. The van der Waals surface area contributed by atoms with Crippen molar-refractivity contribution >= 4 is 11.9 Å². The monoisotopic (exact) mass is 344 g/mol. The van der Waals surface area contributed by atoms with E-state index in [0.717, 1.165) is 5.57 Å². The van der Waals surface area contributed by atoms with Gasteiger partial charge in [0.2, 0.25) is 0 Å². The molecule has 2 aliphatic heterocycles. The van der Waals surface area contributed by atoms with Crippen molar-refractivity contribution < 1.29 is 24.2 Å². The summed E-state index contributed by atoms with van der Waals surface area (Å²) in [5.74, 6) is -0.806. The van der Waals surface area contributed by atoms with E-state index in [1.165, 1.54) is 0 Å². The van der Waals surface area contributed by atoms with Crippen LogP contribution in [0.15, 0.2) is 47.6 Å². The van der Waals surface area contributed by atoms with Gasteiger partial charge in [-0.15, -0.1) is 0 Å². The fourth-order valence-electron chi connectivity index (χ4n) is 3.62. The van der Waals surface area contributed by atoms with Crippen molar-refractivity contribution in [2.24, 2.45) is 5.92 Å². The van der Waals surface area contributed by atoms with Gasteiger partial charge < -0.3 is 14.6 Å². The predicted octanol–water partition coefficient (Wildman–Crippen LogP) is 2.76. The quantitative estimate of drug-likeness (QED) is 0.416. The van der Waals surface area contributed by atoms with E-state index in [1.54, 1.807) is 0 Å². The summed E-state index contributed by atoms with van der Waals surface area (Å²) in [6.07, 6.45) is 5.10. The van der Waals surface area contributed by atoms with Crippen molar-refractivity contribution in [3.63, 3.8) is 0 Å². The third-order valence-electron chi connectivity index (χ3n) is 5.16. The molecular formula is C20H24O5. The Hall–Kier alpha value is -2.14. The Kier molecular flexibility index (Phi) is 4.95. The molecule has 0 aromatic heterocycles. The molecule has 1 saturated heterocycles. The maximum Gasteiger partial charge on any atom is 0.334 e. The minimum atomic E-state index is -0.683. The molecule has 134 valence electrons. The molecule has 5 nitrogen and oxygen atoms in total. The Balaban J connectivity index is 1.86. The molecule has 4 atom stereocenters. The van der Waals surface area contributed by atoms with Crippen molar-refractivity contribution in [1.82, 2.24) is 0 Å². The fourth-order valence-corrected chi connectivity index (χ4v) is 3.62. The van der Waals surface area contributed by atoms with Crippen LogP contribution in [0.4, 0.5) is 0 Å². The number of carbonyl (C=O) groups is 2. The van der Waals surface area contributed by atoms with Gasteiger partial charge in [0, 0.05) is 23.5 Å². The van der Waals surface area contributed by atoms with Crippen LogP contribution in [0.25, 0.3) is 0 Å². The van der Waals surface area contributed by atoms with Crippen molar-refractivity contribution in [2.45, 2.75) is 57.3 Å². The summed E-state index contributed by atoms with van der Waals surface area (Å²) in [6, 6.07) is 0. The van der Waals surface area contributed by atoms with Crippen molar-refractivity contribution in [3.8, 4) is 0 Å². The van der Waals surface area contributed by atoms with E-state index in [2.05, 4.69) is 13.2 Å². The van der Waals surface area contributed by atoms with Gasteiger partial charge in [-0.2, -0.15) is 0 Å². The largest absolute Gasteiger partial charge is 0.454 e. The lowest BCUT2D eigenvalue weighted by atomic mass is 9.87. The zero-order valence-electron chi connectivity index (χ0n) is 14.5. The molecule has 0 aromatic carbocycles. The summed E-state index contributed by atoms with van der Waals surface area (Å²) in [6.45, 7) is 9.77. The molecule has 2 bridgehead atoms. The predicted molar refractivity (Wildman–Crippen MR) is 92.5 cm³/mol. The molecule has 2 heterocycles. The molecule has 3 rings (SSSR count). The van der Waals surface area contributed by atoms with Crippen LogP contribution >= 0.6 is 0 Å². The smallest absolute Gasteiger partial charge is 0.334 e. The molecular weight excluding hydrogens is 320 g/mol. The third kappa shape index (κ3) is 3.76. The Labute approximate surface area is 147 Å². The minimum absolute atomic E-state index is 0.119. The van der Waals surface area contributed by atoms with Gasteiger partial charge in [-0.1, -0.05) is 18.7 Å². The summed E-state index contributed by atoms with van der Waals surface area (Å²) in [5.41, 5.74) is 2.79.